The molecule has 0 spiro atoms. The van der Waals surface area contributed by atoms with Crippen molar-refractivity contribution in [2.24, 2.45) is 5.92 Å². The van der Waals surface area contributed by atoms with Crippen molar-refractivity contribution in [1.29, 1.82) is 0 Å². The Morgan fingerprint density at radius 3 is 2.70 bits per heavy atom. The summed E-state index contributed by atoms with van der Waals surface area (Å²) in [7, 11) is 3.70. The third-order valence-corrected chi connectivity index (χ3v) is 4.50. The molecule has 20 heavy (non-hydrogen) atoms. The molecule has 0 N–H and O–H groups in total. The van der Waals surface area contributed by atoms with Gasteiger partial charge in [0, 0.05) is 33.8 Å². The zero-order chi connectivity index (χ0) is 14.4. The van der Waals surface area contributed by atoms with Crippen LogP contribution >= 0.6 is 0 Å². The Balaban J connectivity index is 1.66. The molecule has 5 nitrogen and oxygen atoms in total. The van der Waals surface area contributed by atoms with Gasteiger partial charge in [-0.15, -0.1) is 0 Å². The highest BCUT2D eigenvalue weighted by Gasteiger charge is 2.25. The smallest absolute Gasteiger partial charge is 0.236 e. The Hall–Kier alpha value is -0.650. The van der Waals surface area contributed by atoms with E-state index in [1.54, 1.807) is 7.11 Å². The van der Waals surface area contributed by atoms with Gasteiger partial charge in [0.2, 0.25) is 5.91 Å². The van der Waals surface area contributed by atoms with Crippen LogP contribution in [0.4, 0.5) is 0 Å². The predicted octanol–water partition coefficient (Wildman–Crippen LogP) is 0.509. The second-order valence-electron chi connectivity index (χ2n) is 6.21. The summed E-state index contributed by atoms with van der Waals surface area (Å²) < 4.78 is 5.12. The van der Waals surface area contributed by atoms with Crippen LogP contribution in [0.1, 0.15) is 19.3 Å². The summed E-state index contributed by atoms with van der Waals surface area (Å²) >= 11 is 0. The average molecular weight is 283 g/mol. The van der Waals surface area contributed by atoms with Gasteiger partial charge in [-0.2, -0.15) is 0 Å². The number of hydrogen-bond donors (Lipinski definition) is 0. The van der Waals surface area contributed by atoms with E-state index in [-0.39, 0.29) is 5.91 Å². The summed E-state index contributed by atoms with van der Waals surface area (Å²) in [4.78, 5) is 18.8. The van der Waals surface area contributed by atoms with Gasteiger partial charge in [0.25, 0.3) is 0 Å². The first-order valence-electron chi connectivity index (χ1n) is 7.86. The molecule has 2 aliphatic heterocycles. The minimum atomic E-state index is 0.280. The first-order valence-corrected chi connectivity index (χ1v) is 7.86. The van der Waals surface area contributed by atoms with Crippen LogP contribution in [0.15, 0.2) is 0 Å². The van der Waals surface area contributed by atoms with Crippen LogP contribution in [0.5, 0.6) is 0 Å². The van der Waals surface area contributed by atoms with Crippen molar-refractivity contribution in [1.82, 2.24) is 14.7 Å². The molecule has 0 aromatic heterocycles. The van der Waals surface area contributed by atoms with E-state index < -0.39 is 0 Å². The largest absolute Gasteiger partial charge is 0.383 e. The minimum Gasteiger partial charge on any atom is -0.383 e. The van der Waals surface area contributed by atoms with Crippen molar-refractivity contribution >= 4 is 5.91 Å². The molecule has 0 unspecified atom stereocenters. The number of rotatable bonds is 7. The summed E-state index contributed by atoms with van der Waals surface area (Å²) in [5.74, 6) is 0.904. The molecule has 0 aliphatic carbocycles. The maximum Gasteiger partial charge on any atom is 0.236 e. The average Bonchev–Trinajstić information content (AvgIpc) is 3.08. The topological polar surface area (TPSA) is 36.0 Å². The molecule has 2 fully saturated rings. The zero-order valence-corrected chi connectivity index (χ0v) is 13.0. The minimum absolute atomic E-state index is 0.280. The molecular weight excluding hydrogens is 254 g/mol. The van der Waals surface area contributed by atoms with Crippen LogP contribution in [-0.4, -0.2) is 87.2 Å². The number of amides is 1. The maximum atomic E-state index is 12.2. The van der Waals surface area contributed by atoms with Crippen molar-refractivity contribution in [2.75, 3.05) is 66.6 Å². The van der Waals surface area contributed by atoms with Crippen molar-refractivity contribution in [2.45, 2.75) is 19.3 Å². The molecule has 2 aliphatic rings. The highest BCUT2D eigenvalue weighted by atomic mass is 16.5. The van der Waals surface area contributed by atoms with Crippen molar-refractivity contribution in [3.05, 3.63) is 0 Å². The molecule has 1 amide bonds. The Morgan fingerprint density at radius 1 is 1.25 bits per heavy atom. The van der Waals surface area contributed by atoms with Crippen LogP contribution < -0.4 is 0 Å². The highest BCUT2D eigenvalue weighted by Crippen LogP contribution is 2.17. The molecule has 2 saturated heterocycles. The second kappa shape index (κ2) is 7.96. The SMILES string of the molecule is COCCN1CC[C@@H](CN(C)C(=O)CN2CCCC2)C1. The van der Waals surface area contributed by atoms with Gasteiger partial charge in [0.05, 0.1) is 13.2 Å². The van der Waals surface area contributed by atoms with Crippen LogP contribution in [0.2, 0.25) is 0 Å². The Kier molecular flexibility index (Phi) is 6.26. The van der Waals surface area contributed by atoms with Gasteiger partial charge in [-0.3, -0.25) is 9.69 Å². The lowest BCUT2D eigenvalue weighted by atomic mass is 10.1. The van der Waals surface area contributed by atoms with E-state index in [4.69, 9.17) is 4.74 Å². The first-order chi connectivity index (χ1) is 9.69. The molecule has 116 valence electrons. The van der Waals surface area contributed by atoms with Crippen LogP contribution in [-0.2, 0) is 9.53 Å². The molecule has 0 aromatic carbocycles. The number of methoxy groups -OCH3 is 1. The summed E-state index contributed by atoms with van der Waals surface area (Å²) in [6, 6.07) is 0. The van der Waals surface area contributed by atoms with Gasteiger partial charge in [-0.25, -0.2) is 0 Å². The Bertz CT molecular complexity index is 305. The van der Waals surface area contributed by atoms with Crippen LogP contribution in [0.25, 0.3) is 0 Å². The van der Waals surface area contributed by atoms with E-state index >= 15 is 0 Å². The number of likely N-dealkylation sites (N-methyl/N-ethyl adjacent to an activating group) is 1. The molecule has 1 atom stereocenters. The van der Waals surface area contributed by atoms with E-state index in [1.807, 2.05) is 11.9 Å². The van der Waals surface area contributed by atoms with E-state index in [2.05, 4.69) is 9.80 Å². The van der Waals surface area contributed by atoms with Crippen LogP contribution in [0, 0.1) is 5.92 Å². The van der Waals surface area contributed by atoms with Crippen molar-refractivity contribution in [3.8, 4) is 0 Å². The lowest BCUT2D eigenvalue weighted by molar-refractivity contribution is -0.131. The maximum absolute atomic E-state index is 12.2. The zero-order valence-electron chi connectivity index (χ0n) is 13.0. The lowest BCUT2D eigenvalue weighted by Gasteiger charge is -2.24. The predicted molar refractivity (Wildman–Crippen MR) is 79.7 cm³/mol. The van der Waals surface area contributed by atoms with Crippen molar-refractivity contribution < 1.29 is 9.53 Å². The van der Waals surface area contributed by atoms with Gasteiger partial charge in [-0.05, 0) is 44.8 Å². The second-order valence-corrected chi connectivity index (χ2v) is 6.21. The van der Waals surface area contributed by atoms with Gasteiger partial charge < -0.3 is 14.5 Å². The van der Waals surface area contributed by atoms with Gasteiger partial charge in [-0.1, -0.05) is 0 Å². The molecule has 2 rings (SSSR count). The van der Waals surface area contributed by atoms with E-state index in [0.717, 1.165) is 45.9 Å². The molecule has 0 bridgehead atoms. The fraction of sp³-hybridized carbons (Fsp3) is 0.933. The number of nitrogens with zero attached hydrogens (tertiary/aromatic N) is 3. The number of carbonyl (C=O) groups excluding carboxylic acids is 1. The monoisotopic (exact) mass is 283 g/mol. The number of hydrogen-bond acceptors (Lipinski definition) is 4. The van der Waals surface area contributed by atoms with E-state index in [1.165, 1.54) is 19.3 Å². The lowest BCUT2D eigenvalue weighted by Crippen LogP contribution is -2.40. The molecule has 0 aromatic rings. The summed E-state index contributed by atoms with van der Waals surface area (Å²) in [6.07, 6.45) is 3.69. The standard InChI is InChI=1S/C15H29N3O2/c1-16(15(19)13-17-6-3-4-7-17)11-14-5-8-18(12-14)9-10-20-2/h14H,3-13H2,1-2H3/t14-/m0/s1. The number of ether oxygens (including phenoxy) is 1. The number of likely N-dealkylation sites (tertiary alicyclic amines) is 2. The summed E-state index contributed by atoms with van der Waals surface area (Å²) in [6.45, 7) is 7.75. The Morgan fingerprint density at radius 2 is 2.00 bits per heavy atom. The molecule has 0 radical (unpaired) electrons. The molecular formula is C15H29N3O2. The fourth-order valence-electron chi connectivity index (χ4n) is 3.23. The summed E-state index contributed by atoms with van der Waals surface area (Å²) in [5.41, 5.74) is 0. The molecule has 2 heterocycles. The van der Waals surface area contributed by atoms with Gasteiger partial charge >= 0.3 is 0 Å². The van der Waals surface area contributed by atoms with Gasteiger partial charge in [0.1, 0.15) is 0 Å². The van der Waals surface area contributed by atoms with E-state index in [9.17, 15) is 4.79 Å². The normalized spacial score (nSPS) is 24.4. The van der Waals surface area contributed by atoms with Crippen molar-refractivity contribution in [3.63, 3.8) is 0 Å². The van der Waals surface area contributed by atoms with E-state index in [0.29, 0.717) is 12.5 Å². The molecule has 0 saturated carbocycles. The van der Waals surface area contributed by atoms with Crippen LogP contribution in [0.3, 0.4) is 0 Å². The third kappa shape index (κ3) is 4.72. The third-order valence-electron chi connectivity index (χ3n) is 4.50. The quantitative estimate of drug-likeness (QED) is 0.682. The summed E-state index contributed by atoms with van der Waals surface area (Å²) in [5, 5.41) is 0. The first kappa shape index (κ1) is 15.7. The van der Waals surface area contributed by atoms with Gasteiger partial charge in [0.15, 0.2) is 0 Å². The Labute approximate surface area is 122 Å². The highest BCUT2D eigenvalue weighted by molar-refractivity contribution is 5.78. The number of carbonyl (C=O) groups is 1. The fourth-order valence-corrected chi connectivity index (χ4v) is 3.23. The molecule has 5 heteroatoms.